The van der Waals surface area contributed by atoms with Crippen molar-refractivity contribution in [2.45, 2.75) is 31.2 Å². The predicted octanol–water partition coefficient (Wildman–Crippen LogP) is 1.19. The van der Waals surface area contributed by atoms with Crippen LogP contribution >= 0.6 is 0 Å². The lowest BCUT2D eigenvalue weighted by molar-refractivity contribution is -0.143. The predicted molar refractivity (Wildman–Crippen MR) is 108 cm³/mol. The summed E-state index contributed by atoms with van der Waals surface area (Å²) < 4.78 is 16.0. The highest BCUT2D eigenvalue weighted by atomic mass is 16.5. The van der Waals surface area contributed by atoms with Crippen LogP contribution in [0.15, 0.2) is 42.5 Å². The molecule has 2 aromatic carbocycles. The van der Waals surface area contributed by atoms with Crippen LogP contribution in [0.1, 0.15) is 11.1 Å². The first-order valence-corrected chi connectivity index (χ1v) is 9.14. The average Bonchev–Trinajstić information content (AvgIpc) is 2.73. The Morgan fingerprint density at radius 2 is 1.69 bits per heavy atom. The molecule has 2 aromatic rings. The van der Waals surface area contributed by atoms with Gasteiger partial charge in [-0.3, -0.25) is 10.1 Å². The van der Waals surface area contributed by atoms with E-state index in [4.69, 9.17) is 19.9 Å². The van der Waals surface area contributed by atoms with Crippen LogP contribution in [-0.2, 0) is 17.8 Å². The fraction of sp³-hybridized carbons (Fsp3) is 0.381. The van der Waals surface area contributed by atoms with Crippen LogP contribution in [0, 0.1) is 0 Å². The maximum absolute atomic E-state index is 11.7. The molecule has 0 radical (unpaired) electrons. The Bertz CT molecular complexity index is 799. The lowest BCUT2D eigenvalue weighted by Crippen LogP contribution is -2.54. The molecular formula is C21H28N2O6. The standard InChI is InChI=1S/C21H28N2O6/c1-27-16-10-9-14(19(28-2)20(16)29-3)12-23-17(21(25)26)18(24)15(22)11-13-7-5-4-6-8-13/h4-10,15,17-18,23-24H,11-12,22H2,1-3H3,(H,25,26)/t15-,17+,18+/m0/s1. The fourth-order valence-electron chi connectivity index (χ4n) is 3.13. The maximum atomic E-state index is 11.7. The minimum atomic E-state index is -1.29. The summed E-state index contributed by atoms with van der Waals surface area (Å²) in [5.41, 5.74) is 7.66. The molecule has 0 saturated heterocycles. The molecule has 0 aliphatic rings. The number of hydrogen-bond acceptors (Lipinski definition) is 7. The van der Waals surface area contributed by atoms with Crippen molar-refractivity contribution in [3.63, 3.8) is 0 Å². The van der Waals surface area contributed by atoms with Gasteiger partial charge >= 0.3 is 5.97 Å². The van der Waals surface area contributed by atoms with Crippen molar-refractivity contribution >= 4 is 5.97 Å². The number of aliphatic carboxylic acids is 1. The van der Waals surface area contributed by atoms with E-state index in [0.717, 1.165) is 5.56 Å². The van der Waals surface area contributed by atoms with Gasteiger partial charge in [-0.25, -0.2) is 0 Å². The minimum Gasteiger partial charge on any atom is -0.493 e. The SMILES string of the molecule is COc1ccc(CN[C@@H](C(=O)O)[C@H](O)[C@@H](N)Cc2ccccc2)c(OC)c1OC. The second-order valence-corrected chi connectivity index (χ2v) is 6.53. The summed E-state index contributed by atoms with van der Waals surface area (Å²) in [5, 5.41) is 23.0. The Hall–Kier alpha value is -2.81. The lowest BCUT2D eigenvalue weighted by atomic mass is 9.97. The van der Waals surface area contributed by atoms with Gasteiger partial charge in [-0.05, 0) is 18.1 Å². The van der Waals surface area contributed by atoms with Crippen molar-refractivity contribution in [2.24, 2.45) is 5.73 Å². The summed E-state index contributed by atoms with van der Waals surface area (Å²) in [5.74, 6) is 0.127. The minimum absolute atomic E-state index is 0.121. The van der Waals surface area contributed by atoms with Gasteiger partial charge in [-0.1, -0.05) is 36.4 Å². The fourth-order valence-corrected chi connectivity index (χ4v) is 3.13. The number of carboxylic acids is 1. The summed E-state index contributed by atoms with van der Waals surface area (Å²) >= 11 is 0. The van der Waals surface area contributed by atoms with Gasteiger partial charge in [-0.15, -0.1) is 0 Å². The van der Waals surface area contributed by atoms with Gasteiger partial charge in [0, 0.05) is 18.2 Å². The molecule has 0 amide bonds. The zero-order chi connectivity index (χ0) is 21.4. The highest BCUT2D eigenvalue weighted by Crippen LogP contribution is 2.39. The monoisotopic (exact) mass is 404 g/mol. The van der Waals surface area contributed by atoms with Gasteiger partial charge in [0.25, 0.3) is 0 Å². The van der Waals surface area contributed by atoms with E-state index in [1.54, 1.807) is 12.1 Å². The molecule has 3 atom stereocenters. The van der Waals surface area contributed by atoms with Crippen LogP contribution in [0.4, 0.5) is 0 Å². The summed E-state index contributed by atoms with van der Waals surface area (Å²) in [6.45, 7) is 0.121. The molecule has 0 spiro atoms. The molecule has 158 valence electrons. The number of aliphatic hydroxyl groups excluding tert-OH is 1. The maximum Gasteiger partial charge on any atom is 0.323 e. The van der Waals surface area contributed by atoms with E-state index in [2.05, 4.69) is 5.32 Å². The number of nitrogens with one attached hydrogen (secondary N) is 1. The molecule has 0 bridgehead atoms. The normalized spacial score (nSPS) is 14.0. The third-order valence-electron chi connectivity index (χ3n) is 4.66. The molecule has 8 nitrogen and oxygen atoms in total. The highest BCUT2D eigenvalue weighted by Gasteiger charge is 2.31. The summed E-state index contributed by atoms with van der Waals surface area (Å²) in [6, 6.07) is 10.8. The molecule has 0 unspecified atom stereocenters. The van der Waals surface area contributed by atoms with E-state index in [1.807, 2.05) is 30.3 Å². The molecule has 8 heteroatoms. The van der Waals surface area contributed by atoms with Gasteiger partial charge in [-0.2, -0.15) is 0 Å². The number of rotatable bonds is 11. The number of nitrogens with two attached hydrogens (primary N) is 1. The molecule has 0 aliphatic carbocycles. The number of aliphatic hydroxyl groups is 1. The molecule has 0 aliphatic heterocycles. The Balaban J connectivity index is 2.14. The van der Waals surface area contributed by atoms with Crippen LogP contribution in [0.25, 0.3) is 0 Å². The highest BCUT2D eigenvalue weighted by molar-refractivity contribution is 5.74. The molecule has 2 rings (SSSR count). The smallest absolute Gasteiger partial charge is 0.323 e. The Morgan fingerprint density at radius 1 is 1.03 bits per heavy atom. The number of carboxylic acid groups (broad SMARTS) is 1. The van der Waals surface area contributed by atoms with Crippen LogP contribution in [0.2, 0.25) is 0 Å². The van der Waals surface area contributed by atoms with Gasteiger partial charge in [0.2, 0.25) is 5.75 Å². The number of carbonyl (C=O) groups is 1. The number of ether oxygens (including phenoxy) is 3. The Morgan fingerprint density at radius 3 is 2.24 bits per heavy atom. The first-order chi connectivity index (χ1) is 13.9. The summed E-state index contributed by atoms with van der Waals surface area (Å²) in [6.07, 6.45) is -0.938. The third kappa shape index (κ3) is 5.60. The van der Waals surface area contributed by atoms with E-state index >= 15 is 0 Å². The average molecular weight is 404 g/mol. The molecule has 0 saturated carbocycles. The van der Waals surface area contributed by atoms with E-state index in [9.17, 15) is 15.0 Å². The van der Waals surface area contributed by atoms with Crippen molar-refractivity contribution < 1.29 is 29.2 Å². The zero-order valence-corrected chi connectivity index (χ0v) is 16.8. The van der Waals surface area contributed by atoms with Crippen LogP contribution in [0.3, 0.4) is 0 Å². The van der Waals surface area contributed by atoms with Crippen molar-refractivity contribution in [3.05, 3.63) is 53.6 Å². The molecule has 29 heavy (non-hydrogen) atoms. The van der Waals surface area contributed by atoms with Gasteiger partial charge < -0.3 is 30.2 Å². The number of benzene rings is 2. The van der Waals surface area contributed by atoms with Gasteiger partial charge in [0.15, 0.2) is 11.5 Å². The zero-order valence-electron chi connectivity index (χ0n) is 16.8. The van der Waals surface area contributed by atoms with E-state index in [0.29, 0.717) is 29.2 Å². The van der Waals surface area contributed by atoms with Crippen LogP contribution < -0.4 is 25.3 Å². The van der Waals surface area contributed by atoms with Crippen molar-refractivity contribution in [2.75, 3.05) is 21.3 Å². The molecule has 0 fully saturated rings. The largest absolute Gasteiger partial charge is 0.493 e. The van der Waals surface area contributed by atoms with Crippen molar-refractivity contribution in [1.29, 1.82) is 0 Å². The molecule has 0 aromatic heterocycles. The van der Waals surface area contributed by atoms with E-state index in [1.165, 1.54) is 21.3 Å². The van der Waals surface area contributed by atoms with E-state index < -0.39 is 24.2 Å². The third-order valence-corrected chi connectivity index (χ3v) is 4.66. The second-order valence-electron chi connectivity index (χ2n) is 6.53. The van der Waals surface area contributed by atoms with Crippen LogP contribution in [-0.4, -0.2) is 55.7 Å². The van der Waals surface area contributed by atoms with Crippen molar-refractivity contribution in [1.82, 2.24) is 5.32 Å². The van der Waals surface area contributed by atoms with Gasteiger partial charge in [0.05, 0.1) is 27.4 Å². The topological polar surface area (TPSA) is 123 Å². The Kier molecular flexibility index (Phi) is 8.26. The Labute approximate surface area is 170 Å². The molecule has 5 N–H and O–H groups in total. The number of methoxy groups -OCH3 is 3. The molecule has 0 heterocycles. The second kappa shape index (κ2) is 10.7. The first-order valence-electron chi connectivity index (χ1n) is 9.14. The quantitative estimate of drug-likeness (QED) is 0.440. The van der Waals surface area contributed by atoms with Gasteiger partial charge in [0.1, 0.15) is 6.04 Å². The first kappa shape index (κ1) is 22.5. The molecular weight excluding hydrogens is 376 g/mol. The van der Waals surface area contributed by atoms with Crippen molar-refractivity contribution in [3.8, 4) is 17.2 Å². The summed E-state index contributed by atoms with van der Waals surface area (Å²) in [7, 11) is 4.49. The lowest BCUT2D eigenvalue weighted by Gasteiger charge is -2.26. The summed E-state index contributed by atoms with van der Waals surface area (Å²) in [4.78, 5) is 11.7. The number of hydrogen-bond donors (Lipinski definition) is 4. The van der Waals surface area contributed by atoms with Crippen LogP contribution in [0.5, 0.6) is 17.2 Å². The van der Waals surface area contributed by atoms with E-state index in [-0.39, 0.29) is 6.54 Å².